The molecular weight excluding hydrogens is 1930 g/mol. The van der Waals surface area contributed by atoms with Gasteiger partial charge in [-0.3, -0.25) is 39.1 Å². The highest BCUT2D eigenvalue weighted by Crippen LogP contribution is 2.36. The summed E-state index contributed by atoms with van der Waals surface area (Å²) >= 11 is 0. The Morgan fingerprint density at radius 1 is 0.326 bits per heavy atom. The molecule has 4 aromatic carbocycles. The van der Waals surface area contributed by atoms with E-state index in [1.54, 1.807) is 106 Å². The van der Waals surface area contributed by atoms with Gasteiger partial charge in [-0.05, 0) is 88.1 Å². The fraction of sp³-hybridized carbons (Fsp3) is 0.280. The quantitative estimate of drug-likeness (QED) is 0.0194. The number of anilines is 4. The van der Waals surface area contributed by atoms with Crippen LogP contribution in [-0.2, 0) is 22.7 Å². The standard InChI is InChI=1S/2C26H28FN7O2.2C24H24FN7O2.4H2S/c1-15(17-6-7-19(27)22-18(24(35)28-5)8-9-29-23(17)22)11-30-21-10-20(33-14-34-21)16-12-31-25(32-13-16)36-26(2,3)4;1-15(17-7-6-8-18-22(24(35)28-5)19(27)13-30-23(17)18)10-29-21-9-20(33-14-34-21)16-11-31-25(32-12-16)36-26(2,3)4;1-14(16-4-5-18(25)22-17(24(33)26-2)6-7-27-23(16)22)9-28-20-8-19(31-13-32-20)15-10-29-21(12-34-3)30-11-15;1-14(16-5-4-6-17-22(24(33)26-2)18(25)11-30-23(16)17)8-27-20-7-19(31-13-32-20)15-9-28-21(12-34-3)29-10-15;;;;/h6-10,12-15H,11H2,1-5H3,(H,28,35)(H,30,33,34);6-9,11-15H,10H2,1-5H3,(H,28,35)(H,29,33,34);4-8,10-11,13-14H,9,12H2,1-3H3,(H,26,33)(H,28,31,32);4-7,9-11,13-14H,8,12H2,1-3H3,(H,26,33)(H,27,31,32);4*1H2/t2*15-;2*14-;;;;/m1111..../s1. The van der Waals surface area contributed by atoms with Gasteiger partial charge in [0.2, 0.25) is 0 Å². The number of para-hydroxylation sites is 2. The summed E-state index contributed by atoms with van der Waals surface area (Å²) in [5.41, 5.74) is 10.9. The van der Waals surface area contributed by atoms with Crippen molar-refractivity contribution in [3.63, 3.8) is 0 Å². The molecule has 0 fully saturated rings. The number of ether oxygens (including phenoxy) is 4. The molecule has 0 saturated heterocycles. The Bertz CT molecular complexity index is 7100. The zero-order valence-corrected chi connectivity index (χ0v) is 85.7. The highest BCUT2D eigenvalue weighted by Gasteiger charge is 2.27. The maximum Gasteiger partial charge on any atom is 0.316 e. The molecule has 16 rings (SSSR count). The number of methoxy groups -OCH3 is 2. The molecule has 0 spiro atoms. The third-order valence-electron chi connectivity index (χ3n) is 21.7. The van der Waals surface area contributed by atoms with Crippen LogP contribution in [0.15, 0.2) is 197 Å². The van der Waals surface area contributed by atoms with Crippen LogP contribution in [0, 0.1) is 23.3 Å². The number of rotatable bonds is 30. The summed E-state index contributed by atoms with van der Waals surface area (Å²) in [5.74, 6) is -0.389. The van der Waals surface area contributed by atoms with E-state index in [0.29, 0.717) is 142 Å². The normalized spacial score (nSPS) is 11.8. The third kappa shape index (κ3) is 28.7. The lowest BCUT2D eigenvalue weighted by Crippen LogP contribution is -2.24. The molecule has 144 heavy (non-hydrogen) atoms. The van der Waals surface area contributed by atoms with E-state index >= 15 is 0 Å². The number of aromatic nitrogens is 20. The zero-order chi connectivity index (χ0) is 99.9. The summed E-state index contributed by atoms with van der Waals surface area (Å²) in [6.45, 7) is 22.4. The molecule has 752 valence electrons. The van der Waals surface area contributed by atoms with E-state index in [1.165, 1.54) is 90.2 Å². The SMILES string of the molecule is CNC(=O)c1c(F)cnc2c([C@H](C)CNc3cc(-c4cnc(COC)nc4)ncn3)cccc12.CNC(=O)c1c(F)cnc2c([C@H](C)CNc3cc(-c4cnc(OC(C)(C)C)nc4)ncn3)cccc12.CNC(=O)c1ccnc2c([C@H](C)CNc3cc(-c4cnc(COC)nc4)ncn3)ccc(F)c12.CNC(=O)c1ccnc2c([C@H](C)CNc3cc(-c4cnc(OC(C)(C)C)nc4)ncn3)ccc(F)c12.S.S.S.S. The van der Waals surface area contributed by atoms with Crippen molar-refractivity contribution in [2.75, 3.05) is 89.9 Å². The Morgan fingerprint density at radius 3 is 0.889 bits per heavy atom. The minimum Gasteiger partial charge on any atom is -0.458 e. The van der Waals surface area contributed by atoms with Crippen LogP contribution in [0.3, 0.4) is 0 Å². The van der Waals surface area contributed by atoms with Gasteiger partial charge < -0.3 is 61.5 Å². The van der Waals surface area contributed by atoms with E-state index in [1.807, 2.05) is 99.6 Å². The molecule has 8 N–H and O–H groups in total. The summed E-state index contributed by atoms with van der Waals surface area (Å²) in [7, 11) is 9.15. The van der Waals surface area contributed by atoms with Gasteiger partial charge in [0.05, 0.1) is 79.5 Å². The molecule has 4 amide bonds. The Labute approximate surface area is 856 Å². The topological polar surface area (TPSA) is 459 Å². The number of halogens is 4. The second-order valence-electron chi connectivity index (χ2n) is 34.1. The van der Waals surface area contributed by atoms with Crippen LogP contribution in [-0.4, -0.2) is 203 Å². The molecule has 0 aliphatic rings. The zero-order valence-electron chi connectivity index (χ0n) is 81.7. The van der Waals surface area contributed by atoms with E-state index < -0.39 is 35.1 Å². The molecule has 0 aliphatic heterocycles. The smallest absolute Gasteiger partial charge is 0.316 e. The van der Waals surface area contributed by atoms with Crippen molar-refractivity contribution < 1.29 is 55.7 Å². The van der Waals surface area contributed by atoms with E-state index in [4.69, 9.17) is 18.9 Å². The van der Waals surface area contributed by atoms with Crippen LogP contribution in [0.2, 0.25) is 0 Å². The van der Waals surface area contributed by atoms with Crippen LogP contribution in [0.25, 0.3) is 88.6 Å². The van der Waals surface area contributed by atoms with Gasteiger partial charge in [0.25, 0.3) is 23.6 Å². The Morgan fingerprint density at radius 2 is 0.611 bits per heavy atom. The fourth-order valence-electron chi connectivity index (χ4n) is 14.7. The molecule has 0 bridgehead atoms. The lowest BCUT2D eigenvalue weighted by molar-refractivity contribution is 0.0952. The number of benzene rings is 4. The maximum absolute atomic E-state index is 14.7. The number of carbonyl (C=O) groups excluding carboxylic acids is 4. The van der Waals surface area contributed by atoms with Crippen molar-refractivity contribution in [2.45, 2.75) is 117 Å². The molecule has 0 aliphatic carbocycles. The summed E-state index contributed by atoms with van der Waals surface area (Å²) in [6.07, 6.45) is 24.5. The summed E-state index contributed by atoms with van der Waals surface area (Å²) < 4.78 is 79.4. The monoisotopic (exact) mass is 2040 g/mol. The van der Waals surface area contributed by atoms with Gasteiger partial charge in [0, 0.05) is 222 Å². The summed E-state index contributed by atoms with van der Waals surface area (Å²) in [4.78, 5) is 135. The number of fused-ring (bicyclic) bond motifs is 4. The average Bonchev–Trinajstić information content (AvgIpc) is 0.792. The first-order chi connectivity index (χ1) is 67.3. The van der Waals surface area contributed by atoms with Gasteiger partial charge >= 0.3 is 12.0 Å². The van der Waals surface area contributed by atoms with Crippen LogP contribution >= 0.6 is 54.0 Å². The van der Waals surface area contributed by atoms with Gasteiger partial charge in [-0.25, -0.2) is 97.3 Å². The predicted molar refractivity (Wildman–Crippen MR) is 564 cm³/mol. The third-order valence-corrected chi connectivity index (χ3v) is 21.7. The largest absolute Gasteiger partial charge is 0.458 e. The Hall–Kier alpha value is -15.1. The number of pyridine rings is 4. The molecule has 0 unspecified atom stereocenters. The molecule has 4 atom stereocenters. The number of hydrogen-bond donors (Lipinski definition) is 8. The van der Waals surface area contributed by atoms with Gasteiger partial charge in [0.15, 0.2) is 23.3 Å². The molecule has 0 saturated carbocycles. The Kier molecular flexibility index (Phi) is 40.7. The van der Waals surface area contributed by atoms with Gasteiger partial charge in [-0.2, -0.15) is 54.0 Å². The predicted octanol–water partition coefficient (Wildman–Crippen LogP) is 15.9. The van der Waals surface area contributed by atoms with E-state index in [2.05, 4.69) is 142 Å². The first-order valence-corrected chi connectivity index (χ1v) is 44.4. The highest BCUT2D eigenvalue weighted by molar-refractivity contribution is 7.59. The summed E-state index contributed by atoms with van der Waals surface area (Å²) in [5, 5.41) is 24.7. The average molecular weight is 2040 g/mol. The van der Waals surface area contributed by atoms with Crippen molar-refractivity contribution in [3.05, 3.63) is 276 Å². The van der Waals surface area contributed by atoms with Crippen LogP contribution in [0.1, 0.15) is 168 Å². The number of amides is 4. The van der Waals surface area contributed by atoms with Crippen molar-refractivity contribution in [1.29, 1.82) is 0 Å². The van der Waals surface area contributed by atoms with Crippen molar-refractivity contribution in [1.82, 2.24) is 121 Å². The first-order valence-electron chi connectivity index (χ1n) is 44.4. The maximum atomic E-state index is 14.7. The number of nitrogens with one attached hydrogen (secondary N) is 8. The van der Waals surface area contributed by atoms with Crippen molar-refractivity contribution >= 4 is 144 Å². The molecular formula is C100H112F4N28O8S4. The van der Waals surface area contributed by atoms with E-state index in [0.717, 1.165) is 56.9 Å². The van der Waals surface area contributed by atoms with Crippen LogP contribution in [0.5, 0.6) is 12.0 Å². The van der Waals surface area contributed by atoms with Gasteiger partial charge in [-0.1, -0.05) is 76.2 Å². The number of hydrogen-bond acceptors (Lipinski definition) is 32. The Balaban J connectivity index is 0.000000212. The molecule has 16 aromatic rings. The van der Waals surface area contributed by atoms with Crippen LogP contribution in [0.4, 0.5) is 40.8 Å². The fourth-order valence-corrected chi connectivity index (χ4v) is 14.7. The molecule has 12 heterocycles. The number of nitrogens with zero attached hydrogens (tertiary/aromatic N) is 20. The van der Waals surface area contributed by atoms with Crippen molar-refractivity contribution in [3.8, 4) is 57.1 Å². The van der Waals surface area contributed by atoms with Crippen molar-refractivity contribution in [2.24, 2.45) is 0 Å². The first kappa shape index (κ1) is 112. The highest BCUT2D eigenvalue weighted by atomic mass is 32.1. The minimum atomic E-state index is -0.653. The second kappa shape index (κ2) is 52.0. The molecule has 0 radical (unpaired) electrons. The molecule has 12 aromatic heterocycles. The molecule has 44 heteroatoms. The summed E-state index contributed by atoms with van der Waals surface area (Å²) in [6, 6.07) is 27.9. The van der Waals surface area contributed by atoms with Gasteiger partial charge in [0.1, 0.15) is 84.6 Å². The lowest BCUT2D eigenvalue weighted by atomic mass is 9.95. The van der Waals surface area contributed by atoms with E-state index in [9.17, 15) is 36.7 Å². The van der Waals surface area contributed by atoms with Crippen LogP contribution < -0.4 is 52.0 Å². The van der Waals surface area contributed by atoms with E-state index in [-0.39, 0.29) is 134 Å². The lowest BCUT2D eigenvalue weighted by Gasteiger charge is -2.19. The molecule has 36 nitrogen and oxygen atoms in total. The minimum absolute atomic E-state index is 0. The second-order valence-corrected chi connectivity index (χ2v) is 34.1. The number of carbonyl (C=O) groups is 4. The van der Waals surface area contributed by atoms with Gasteiger partial charge in [-0.15, -0.1) is 0 Å².